The van der Waals surface area contributed by atoms with Gasteiger partial charge in [0.25, 0.3) is 0 Å². The standard InChI is InChI=1S/C14H17N5O.C3H4F2.C2H6/c1-2-12(20)19-7-3-4-10(8-19)18-14-11-5-6-15-13(11)16-9-17-14;4-3(5)1-2-3;1-2/h2,5-6,9-10H,1,3-4,7-8H2,(H2,15,16,17,18);1-2H2;1-2H3. The van der Waals surface area contributed by atoms with Crippen LogP contribution in [0.1, 0.15) is 39.5 Å². The van der Waals surface area contributed by atoms with Crippen LogP contribution in [0, 0.1) is 0 Å². The summed E-state index contributed by atoms with van der Waals surface area (Å²) in [6, 6.07) is 2.16. The smallest absolute Gasteiger partial charge is 0.248 e. The number of nitrogens with zero attached hydrogens (tertiary/aromatic N) is 3. The summed E-state index contributed by atoms with van der Waals surface area (Å²) in [6.07, 6.45) is 7.00. The van der Waals surface area contributed by atoms with Gasteiger partial charge in [0.2, 0.25) is 11.8 Å². The van der Waals surface area contributed by atoms with E-state index in [9.17, 15) is 13.6 Å². The molecule has 6 nitrogen and oxygen atoms in total. The average molecular weight is 379 g/mol. The molecule has 1 aliphatic carbocycles. The van der Waals surface area contributed by atoms with Gasteiger partial charge in [-0.15, -0.1) is 0 Å². The number of fused-ring (bicyclic) bond motifs is 1. The van der Waals surface area contributed by atoms with Crippen LogP contribution in [-0.4, -0.2) is 50.8 Å². The summed E-state index contributed by atoms with van der Waals surface area (Å²) in [5.74, 6) is -1.44. The number of H-pyrrole nitrogens is 1. The summed E-state index contributed by atoms with van der Waals surface area (Å²) in [7, 11) is 0. The van der Waals surface area contributed by atoms with Crippen molar-refractivity contribution in [2.75, 3.05) is 18.4 Å². The Morgan fingerprint density at radius 2 is 2.11 bits per heavy atom. The van der Waals surface area contributed by atoms with Gasteiger partial charge in [-0.25, -0.2) is 18.7 Å². The maximum atomic E-state index is 11.7. The van der Waals surface area contributed by atoms with E-state index in [0.29, 0.717) is 6.54 Å². The molecule has 8 heteroatoms. The van der Waals surface area contributed by atoms with Gasteiger partial charge in [-0.05, 0) is 25.0 Å². The van der Waals surface area contributed by atoms with Crippen LogP contribution in [0.2, 0.25) is 0 Å². The number of halogens is 2. The van der Waals surface area contributed by atoms with Crippen molar-refractivity contribution in [1.82, 2.24) is 19.9 Å². The number of alkyl halides is 2. The van der Waals surface area contributed by atoms with Crippen molar-refractivity contribution in [3.05, 3.63) is 31.2 Å². The van der Waals surface area contributed by atoms with E-state index in [4.69, 9.17) is 0 Å². The maximum absolute atomic E-state index is 11.7. The summed E-state index contributed by atoms with van der Waals surface area (Å²) in [5.41, 5.74) is 0.817. The number of hydrogen-bond acceptors (Lipinski definition) is 4. The van der Waals surface area contributed by atoms with Crippen LogP contribution >= 0.6 is 0 Å². The molecule has 27 heavy (non-hydrogen) atoms. The number of anilines is 1. The number of aromatic amines is 1. The summed E-state index contributed by atoms with van der Waals surface area (Å²) in [6.45, 7) is 9.02. The third-order valence-electron chi connectivity index (χ3n) is 4.23. The fourth-order valence-electron chi connectivity index (χ4n) is 2.70. The lowest BCUT2D eigenvalue weighted by Gasteiger charge is -2.32. The quantitative estimate of drug-likeness (QED) is 0.791. The minimum Gasteiger partial charge on any atom is -0.365 e. The fraction of sp³-hybridized carbons (Fsp3) is 0.526. The Kier molecular flexibility index (Phi) is 7.27. The molecule has 2 aliphatic rings. The Bertz CT molecular complexity index is 755. The molecule has 1 amide bonds. The van der Waals surface area contributed by atoms with Gasteiger partial charge in [-0.3, -0.25) is 4.79 Å². The molecule has 3 heterocycles. The molecule has 4 rings (SSSR count). The predicted molar refractivity (Wildman–Crippen MR) is 103 cm³/mol. The molecule has 1 saturated carbocycles. The lowest BCUT2D eigenvalue weighted by Crippen LogP contribution is -2.44. The van der Waals surface area contributed by atoms with E-state index in [2.05, 4.69) is 26.8 Å². The highest BCUT2D eigenvalue weighted by molar-refractivity contribution is 5.88. The Morgan fingerprint density at radius 1 is 1.41 bits per heavy atom. The summed E-state index contributed by atoms with van der Waals surface area (Å²) in [5, 5.41) is 4.39. The second kappa shape index (κ2) is 9.43. The number of rotatable bonds is 3. The minimum absolute atomic E-state index is 0.00835. The van der Waals surface area contributed by atoms with E-state index in [1.165, 1.54) is 12.4 Å². The predicted octanol–water partition coefficient (Wildman–Crippen LogP) is 3.99. The molecule has 2 N–H and O–H groups in total. The number of piperidine rings is 1. The molecule has 2 aromatic rings. The van der Waals surface area contributed by atoms with Gasteiger partial charge in [0.05, 0.1) is 5.39 Å². The third-order valence-corrected chi connectivity index (χ3v) is 4.23. The highest BCUT2D eigenvalue weighted by atomic mass is 19.3. The van der Waals surface area contributed by atoms with Crippen molar-refractivity contribution in [3.63, 3.8) is 0 Å². The number of likely N-dealkylation sites (tertiary alicyclic amines) is 1. The molecule has 1 aliphatic heterocycles. The van der Waals surface area contributed by atoms with E-state index in [1.807, 2.05) is 31.0 Å². The molecule has 1 atom stereocenters. The number of carbonyl (C=O) groups is 1. The molecule has 0 spiro atoms. The fourth-order valence-corrected chi connectivity index (χ4v) is 2.70. The zero-order chi connectivity index (χ0) is 19.9. The Balaban J connectivity index is 0.000000318. The van der Waals surface area contributed by atoms with Gasteiger partial charge in [0, 0.05) is 38.2 Å². The first-order valence-electron chi connectivity index (χ1n) is 9.32. The van der Waals surface area contributed by atoms with Crippen LogP contribution in [0.3, 0.4) is 0 Å². The van der Waals surface area contributed by atoms with Crippen molar-refractivity contribution >= 4 is 22.8 Å². The summed E-state index contributed by atoms with van der Waals surface area (Å²) < 4.78 is 22.3. The number of nitrogens with one attached hydrogen (secondary N) is 2. The van der Waals surface area contributed by atoms with Crippen molar-refractivity contribution in [2.45, 2.75) is 51.5 Å². The normalized spacial score (nSPS) is 19.9. The first-order chi connectivity index (χ1) is 13.0. The van der Waals surface area contributed by atoms with Crippen molar-refractivity contribution in [1.29, 1.82) is 0 Å². The van der Waals surface area contributed by atoms with Crippen LogP contribution < -0.4 is 5.32 Å². The largest absolute Gasteiger partial charge is 0.365 e. The summed E-state index contributed by atoms with van der Waals surface area (Å²) in [4.78, 5) is 25.0. The minimum atomic E-state index is -2.25. The highest BCUT2D eigenvalue weighted by Gasteiger charge is 2.43. The molecular formula is C19H27F2N5O. The molecule has 0 bridgehead atoms. The second-order valence-corrected chi connectivity index (χ2v) is 6.29. The molecule has 0 radical (unpaired) electrons. The zero-order valence-corrected chi connectivity index (χ0v) is 15.8. The first-order valence-corrected chi connectivity index (χ1v) is 9.32. The Labute approximate surface area is 158 Å². The van der Waals surface area contributed by atoms with E-state index in [-0.39, 0.29) is 24.8 Å². The monoisotopic (exact) mass is 379 g/mol. The molecule has 148 valence electrons. The van der Waals surface area contributed by atoms with E-state index >= 15 is 0 Å². The van der Waals surface area contributed by atoms with Crippen molar-refractivity contribution < 1.29 is 13.6 Å². The number of amides is 1. The van der Waals surface area contributed by atoms with Gasteiger partial charge >= 0.3 is 0 Å². The van der Waals surface area contributed by atoms with Gasteiger partial charge < -0.3 is 15.2 Å². The van der Waals surface area contributed by atoms with E-state index in [1.54, 1.807) is 0 Å². The van der Waals surface area contributed by atoms with E-state index in [0.717, 1.165) is 36.2 Å². The van der Waals surface area contributed by atoms with Crippen molar-refractivity contribution in [3.8, 4) is 0 Å². The van der Waals surface area contributed by atoms with Gasteiger partial charge in [0.1, 0.15) is 17.8 Å². The number of carbonyl (C=O) groups excluding carboxylic acids is 1. The molecule has 0 aromatic carbocycles. The average Bonchev–Trinajstić information content (AvgIpc) is 3.18. The second-order valence-electron chi connectivity index (χ2n) is 6.29. The highest BCUT2D eigenvalue weighted by Crippen LogP contribution is 2.40. The molecule has 2 fully saturated rings. The molecular weight excluding hydrogens is 352 g/mol. The van der Waals surface area contributed by atoms with E-state index < -0.39 is 5.92 Å². The number of hydrogen-bond donors (Lipinski definition) is 2. The SMILES string of the molecule is C=CC(=O)N1CCCC(Nc2ncnc3[nH]ccc23)C1.CC.FC1(F)CC1. The Hall–Kier alpha value is -2.51. The summed E-state index contributed by atoms with van der Waals surface area (Å²) >= 11 is 0. The third kappa shape index (κ3) is 6.01. The topological polar surface area (TPSA) is 73.9 Å². The van der Waals surface area contributed by atoms with Gasteiger partial charge in [-0.2, -0.15) is 0 Å². The van der Waals surface area contributed by atoms with Crippen LogP contribution in [0.25, 0.3) is 11.0 Å². The lowest BCUT2D eigenvalue weighted by atomic mass is 10.1. The van der Waals surface area contributed by atoms with Crippen LogP contribution in [0.4, 0.5) is 14.6 Å². The van der Waals surface area contributed by atoms with Crippen LogP contribution in [0.15, 0.2) is 31.2 Å². The van der Waals surface area contributed by atoms with Crippen molar-refractivity contribution in [2.24, 2.45) is 0 Å². The molecule has 1 unspecified atom stereocenters. The lowest BCUT2D eigenvalue weighted by molar-refractivity contribution is -0.127. The molecule has 2 aromatic heterocycles. The first kappa shape index (κ1) is 20.8. The van der Waals surface area contributed by atoms with Crippen LogP contribution in [0.5, 0.6) is 0 Å². The number of aromatic nitrogens is 3. The zero-order valence-electron chi connectivity index (χ0n) is 15.8. The van der Waals surface area contributed by atoms with Gasteiger partial charge in [-0.1, -0.05) is 20.4 Å². The molecule has 1 saturated heterocycles. The van der Waals surface area contributed by atoms with Crippen LogP contribution in [-0.2, 0) is 4.79 Å². The Morgan fingerprint density at radius 3 is 2.74 bits per heavy atom. The van der Waals surface area contributed by atoms with Gasteiger partial charge in [0.15, 0.2) is 0 Å². The maximum Gasteiger partial charge on any atom is 0.248 e.